The number of benzene rings is 2. The van der Waals surface area contributed by atoms with Gasteiger partial charge in [0.25, 0.3) is 0 Å². The zero-order chi connectivity index (χ0) is 16.3. The van der Waals surface area contributed by atoms with Crippen molar-refractivity contribution < 1.29 is 18.0 Å². The first-order valence-corrected chi connectivity index (χ1v) is 7.06. The number of carbonyl (C=O) groups is 1. The van der Waals surface area contributed by atoms with E-state index in [9.17, 15) is 18.0 Å². The van der Waals surface area contributed by atoms with Crippen LogP contribution in [0.2, 0.25) is 0 Å². The van der Waals surface area contributed by atoms with Crippen molar-refractivity contribution in [2.45, 2.75) is 26.4 Å². The number of aldehydes is 1. The first kappa shape index (κ1) is 16.3. The topological polar surface area (TPSA) is 17.1 Å². The fourth-order valence-electron chi connectivity index (χ4n) is 2.35. The standard InChI is InChI=1S/C18H17F3O/c1-12(2)7-13-3-5-15(6-4-13)16-8-14(11-22)9-17(10-16)18(19,20)21/h3-6,8-12H,7H2,1-2H3. The van der Waals surface area contributed by atoms with E-state index in [0.29, 0.717) is 23.3 Å². The molecular weight excluding hydrogens is 289 g/mol. The molecule has 1 nitrogen and oxygen atoms in total. The van der Waals surface area contributed by atoms with Gasteiger partial charge in [-0.3, -0.25) is 4.79 Å². The summed E-state index contributed by atoms with van der Waals surface area (Å²) in [7, 11) is 0. The summed E-state index contributed by atoms with van der Waals surface area (Å²) in [6.45, 7) is 4.22. The Morgan fingerprint density at radius 3 is 2.14 bits per heavy atom. The SMILES string of the molecule is CC(C)Cc1ccc(-c2cc(C=O)cc(C(F)(F)F)c2)cc1. The second-order valence-electron chi connectivity index (χ2n) is 5.75. The fourth-order valence-corrected chi connectivity index (χ4v) is 2.35. The number of halogens is 3. The van der Waals surface area contributed by atoms with Gasteiger partial charge >= 0.3 is 6.18 Å². The molecule has 0 saturated heterocycles. The van der Waals surface area contributed by atoms with Gasteiger partial charge in [-0.2, -0.15) is 13.2 Å². The van der Waals surface area contributed by atoms with E-state index < -0.39 is 11.7 Å². The molecule has 0 radical (unpaired) electrons. The third-order valence-electron chi connectivity index (χ3n) is 3.35. The minimum Gasteiger partial charge on any atom is -0.298 e. The van der Waals surface area contributed by atoms with E-state index in [4.69, 9.17) is 0 Å². The lowest BCUT2D eigenvalue weighted by molar-refractivity contribution is -0.137. The monoisotopic (exact) mass is 306 g/mol. The summed E-state index contributed by atoms with van der Waals surface area (Å²) in [5.41, 5.74) is 1.42. The molecular formula is C18H17F3O. The summed E-state index contributed by atoms with van der Waals surface area (Å²) >= 11 is 0. The molecule has 0 fully saturated rings. The van der Waals surface area contributed by atoms with Crippen molar-refractivity contribution in [3.05, 3.63) is 59.2 Å². The van der Waals surface area contributed by atoms with Gasteiger partial charge in [-0.15, -0.1) is 0 Å². The van der Waals surface area contributed by atoms with Gasteiger partial charge in [-0.05, 0) is 47.2 Å². The molecule has 0 N–H and O–H groups in total. The molecule has 0 aliphatic rings. The van der Waals surface area contributed by atoms with E-state index >= 15 is 0 Å². The van der Waals surface area contributed by atoms with Crippen LogP contribution in [0.25, 0.3) is 11.1 Å². The second kappa shape index (κ2) is 6.34. The molecule has 0 saturated carbocycles. The Morgan fingerprint density at radius 2 is 1.64 bits per heavy atom. The largest absolute Gasteiger partial charge is 0.416 e. The van der Waals surface area contributed by atoms with Crippen LogP contribution < -0.4 is 0 Å². The summed E-state index contributed by atoms with van der Waals surface area (Å²) < 4.78 is 38.7. The van der Waals surface area contributed by atoms with Crippen molar-refractivity contribution in [1.82, 2.24) is 0 Å². The van der Waals surface area contributed by atoms with Crippen LogP contribution in [0.4, 0.5) is 13.2 Å². The van der Waals surface area contributed by atoms with Gasteiger partial charge < -0.3 is 0 Å². The Bertz CT molecular complexity index is 655. The zero-order valence-electron chi connectivity index (χ0n) is 12.4. The molecule has 0 heterocycles. The van der Waals surface area contributed by atoms with E-state index in [0.717, 1.165) is 24.1 Å². The van der Waals surface area contributed by atoms with Crippen molar-refractivity contribution in [3.8, 4) is 11.1 Å². The summed E-state index contributed by atoms with van der Waals surface area (Å²) in [5.74, 6) is 0.515. The molecule has 2 aromatic carbocycles. The van der Waals surface area contributed by atoms with Gasteiger partial charge in [0.2, 0.25) is 0 Å². The molecule has 0 aliphatic heterocycles. The molecule has 2 aromatic rings. The molecule has 0 aliphatic carbocycles. The van der Waals surface area contributed by atoms with Gasteiger partial charge in [0.15, 0.2) is 0 Å². The van der Waals surface area contributed by atoms with Crippen molar-refractivity contribution in [1.29, 1.82) is 0 Å². The lowest BCUT2D eigenvalue weighted by Crippen LogP contribution is -2.06. The number of hydrogen-bond donors (Lipinski definition) is 0. The highest BCUT2D eigenvalue weighted by atomic mass is 19.4. The minimum absolute atomic E-state index is 0.0241. The Labute approximate surface area is 127 Å². The summed E-state index contributed by atoms with van der Waals surface area (Å²) in [6.07, 6.45) is -3.11. The molecule has 4 heteroatoms. The van der Waals surface area contributed by atoms with E-state index in [2.05, 4.69) is 13.8 Å². The average Bonchev–Trinajstić information content (AvgIpc) is 2.46. The quantitative estimate of drug-likeness (QED) is 0.693. The Balaban J connectivity index is 2.41. The highest BCUT2D eigenvalue weighted by Crippen LogP contribution is 2.33. The highest BCUT2D eigenvalue weighted by Gasteiger charge is 2.31. The maximum absolute atomic E-state index is 12.9. The molecule has 0 amide bonds. The minimum atomic E-state index is -4.47. The van der Waals surface area contributed by atoms with E-state index in [1.165, 1.54) is 6.07 Å². The molecule has 0 spiro atoms. The van der Waals surface area contributed by atoms with Crippen LogP contribution in [0, 0.1) is 5.92 Å². The third-order valence-corrected chi connectivity index (χ3v) is 3.35. The normalized spacial score (nSPS) is 11.7. The molecule has 2 rings (SSSR count). The van der Waals surface area contributed by atoms with Crippen LogP contribution in [-0.2, 0) is 12.6 Å². The van der Waals surface area contributed by atoms with E-state index in [1.54, 1.807) is 12.1 Å². The van der Waals surface area contributed by atoms with E-state index in [-0.39, 0.29) is 5.56 Å². The smallest absolute Gasteiger partial charge is 0.298 e. The fraction of sp³-hybridized carbons (Fsp3) is 0.278. The third kappa shape index (κ3) is 3.97. The van der Waals surface area contributed by atoms with Crippen molar-refractivity contribution >= 4 is 6.29 Å². The van der Waals surface area contributed by atoms with Gasteiger partial charge in [0, 0.05) is 5.56 Å². The predicted molar refractivity (Wildman–Crippen MR) is 80.8 cm³/mol. The van der Waals surface area contributed by atoms with Crippen LogP contribution in [0.15, 0.2) is 42.5 Å². The summed E-state index contributed by atoms with van der Waals surface area (Å²) in [6, 6.07) is 10.8. The van der Waals surface area contributed by atoms with Crippen LogP contribution in [0.5, 0.6) is 0 Å². The van der Waals surface area contributed by atoms with Gasteiger partial charge in [-0.25, -0.2) is 0 Å². The molecule has 0 bridgehead atoms. The van der Waals surface area contributed by atoms with Gasteiger partial charge in [0.1, 0.15) is 6.29 Å². The lowest BCUT2D eigenvalue weighted by atomic mass is 9.97. The Hall–Kier alpha value is -2.10. The zero-order valence-corrected chi connectivity index (χ0v) is 12.4. The highest BCUT2D eigenvalue weighted by molar-refractivity contribution is 5.79. The Kier molecular flexibility index (Phi) is 4.69. The first-order valence-electron chi connectivity index (χ1n) is 7.06. The van der Waals surface area contributed by atoms with Crippen LogP contribution in [0.1, 0.15) is 35.3 Å². The summed E-state index contributed by atoms with van der Waals surface area (Å²) in [4.78, 5) is 10.9. The van der Waals surface area contributed by atoms with Crippen LogP contribution in [0.3, 0.4) is 0 Å². The summed E-state index contributed by atoms with van der Waals surface area (Å²) in [5, 5.41) is 0. The first-order chi connectivity index (χ1) is 10.3. The maximum Gasteiger partial charge on any atom is 0.416 e. The van der Waals surface area contributed by atoms with Crippen LogP contribution >= 0.6 is 0 Å². The molecule has 116 valence electrons. The van der Waals surface area contributed by atoms with Crippen molar-refractivity contribution in [2.75, 3.05) is 0 Å². The maximum atomic E-state index is 12.9. The molecule has 0 atom stereocenters. The van der Waals surface area contributed by atoms with Crippen molar-refractivity contribution in [2.24, 2.45) is 5.92 Å². The van der Waals surface area contributed by atoms with E-state index in [1.807, 2.05) is 12.1 Å². The number of hydrogen-bond acceptors (Lipinski definition) is 1. The van der Waals surface area contributed by atoms with Crippen LogP contribution in [-0.4, -0.2) is 6.29 Å². The predicted octanol–water partition coefficient (Wildman–Crippen LogP) is 5.38. The molecule has 0 unspecified atom stereocenters. The second-order valence-corrected chi connectivity index (χ2v) is 5.75. The van der Waals surface area contributed by atoms with Gasteiger partial charge in [-0.1, -0.05) is 38.1 Å². The van der Waals surface area contributed by atoms with Gasteiger partial charge in [0.05, 0.1) is 5.56 Å². The molecule has 22 heavy (non-hydrogen) atoms. The Morgan fingerprint density at radius 1 is 1.00 bits per heavy atom. The average molecular weight is 306 g/mol. The van der Waals surface area contributed by atoms with Crippen molar-refractivity contribution in [3.63, 3.8) is 0 Å². The lowest BCUT2D eigenvalue weighted by Gasteiger charge is -2.11. The number of rotatable bonds is 4. The molecule has 0 aromatic heterocycles. The number of carbonyl (C=O) groups excluding carboxylic acids is 1. The number of alkyl halides is 3.